The largest absolute Gasteiger partial charge is 0.306 e. The average molecular weight is 335 g/mol. The van der Waals surface area contributed by atoms with Crippen LogP contribution in [0.2, 0.25) is 0 Å². The fraction of sp³-hybridized carbons (Fsp3) is 0.571. The number of hydrogen-bond acceptors (Lipinski definition) is 1. The van der Waals surface area contributed by atoms with Gasteiger partial charge in [-0.2, -0.15) is 0 Å². The number of hydrogen-bond donors (Lipinski definition) is 1. The molecule has 1 fully saturated rings. The topological polar surface area (TPSA) is 12.0 Å². The molecule has 4 heteroatoms. The smallest absolute Gasteiger partial charge is 0.137 e. The van der Waals surface area contributed by atoms with Crippen LogP contribution in [0.1, 0.15) is 37.7 Å². The van der Waals surface area contributed by atoms with E-state index in [2.05, 4.69) is 21.2 Å². The van der Waals surface area contributed by atoms with Gasteiger partial charge in [0.05, 0.1) is 4.47 Å². The second kappa shape index (κ2) is 6.36. The maximum absolute atomic E-state index is 13.4. The first-order valence-electron chi connectivity index (χ1n) is 6.41. The van der Waals surface area contributed by atoms with Crippen LogP contribution in [0.4, 0.5) is 4.39 Å². The molecular formula is C14H18BrClFN. The highest BCUT2D eigenvalue weighted by Gasteiger charge is 2.30. The van der Waals surface area contributed by atoms with Crippen molar-refractivity contribution in [3.63, 3.8) is 0 Å². The van der Waals surface area contributed by atoms with Crippen molar-refractivity contribution in [3.8, 4) is 0 Å². The maximum atomic E-state index is 13.4. The van der Waals surface area contributed by atoms with Crippen LogP contribution < -0.4 is 5.32 Å². The van der Waals surface area contributed by atoms with Crippen LogP contribution in [0.5, 0.6) is 0 Å². The van der Waals surface area contributed by atoms with Gasteiger partial charge in [0.2, 0.25) is 0 Å². The van der Waals surface area contributed by atoms with Gasteiger partial charge < -0.3 is 5.32 Å². The third kappa shape index (κ3) is 3.25. The van der Waals surface area contributed by atoms with Gasteiger partial charge in [-0.3, -0.25) is 0 Å². The SMILES string of the molecule is Fc1cccc(CNC2(CCl)CCCCC2)c1Br. The highest BCUT2D eigenvalue weighted by molar-refractivity contribution is 9.10. The molecule has 1 N–H and O–H groups in total. The van der Waals surface area contributed by atoms with Gasteiger partial charge in [0.15, 0.2) is 0 Å². The summed E-state index contributed by atoms with van der Waals surface area (Å²) in [6.07, 6.45) is 5.98. The fourth-order valence-corrected chi connectivity index (χ4v) is 3.32. The van der Waals surface area contributed by atoms with Crippen molar-refractivity contribution < 1.29 is 4.39 Å². The first kappa shape index (κ1) is 14.3. The van der Waals surface area contributed by atoms with E-state index in [0.717, 1.165) is 18.4 Å². The average Bonchev–Trinajstić information content (AvgIpc) is 2.41. The zero-order valence-corrected chi connectivity index (χ0v) is 12.7. The van der Waals surface area contributed by atoms with E-state index in [9.17, 15) is 4.39 Å². The predicted molar refractivity (Wildman–Crippen MR) is 77.5 cm³/mol. The minimum Gasteiger partial charge on any atom is -0.306 e. The summed E-state index contributed by atoms with van der Waals surface area (Å²) in [5.41, 5.74) is 0.982. The lowest BCUT2D eigenvalue weighted by Crippen LogP contribution is -2.48. The van der Waals surface area contributed by atoms with Crippen LogP contribution in [0, 0.1) is 5.82 Å². The molecule has 0 amide bonds. The zero-order valence-electron chi connectivity index (χ0n) is 10.3. The zero-order chi connectivity index (χ0) is 13.0. The highest BCUT2D eigenvalue weighted by atomic mass is 79.9. The summed E-state index contributed by atoms with van der Waals surface area (Å²) < 4.78 is 14.0. The Balaban J connectivity index is 2.03. The van der Waals surface area contributed by atoms with Crippen LogP contribution in [-0.2, 0) is 6.54 Å². The number of nitrogens with one attached hydrogen (secondary N) is 1. The summed E-state index contributed by atoms with van der Waals surface area (Å²) in [6, 6.07) is 5.14. The molecule has 1 aliphatic carbocycles. The van der Waals surface area contributed by atoms with E-state index in [1.54, 1.807) is 6.07 Å². The quantitative estimate of drug-likeness (QED) is 0.792. The summed E-state index contributed by atoms with van der Waals surface area (Å²) >= 11 is 9.42. The van der Waals surface area contributed by atoms with E-state index in [4.69, 9.17) is 11.6 Å². The number of alkyl halides is 1. The van der Waals surface area contributed by atoms with Gasteiger partial charge in [0.25, 0.3) is 0 Å². The molecule has 0 aliphatic heterocycles. The van der Waals surface area contributed by atoms with Crippen molar-refractivity contribution in [1.82, 2.24) is 5.32 Å². The van der Waals surface area contributed by atoms with E-state index in [1.165, 1.54) is 25.3 Å². The Morgan fingerprint density at radius 1 is 1.28 bits per heavy atom. The summed E-state index contributed by atoms with van der Waals surface area (Å²) in [4.78, 5) is 0. The molecule has 0 bridgehead atoms. The summed E-state index contributed by atoms with van der Waals surface area (Å²) in [6.45, 7) is 0.658. The van der Waals surface area contributed by atoms with Crippen molar-refractivity contribution >= 4 is 27.5 Å². The number of halogens is 3. The standard InChI is InChI=1S/C14H18BrClFN/c15-13-11(5-4-6-12(13)17)9-18-14(10-16)7-2-1-3-8-14/h4-6,18H,1-3,7-10H2. The molecule has 0 atom stereocenters. The van der Waals surface area contributed by atoms with Gasteiger partial charge in [0, 0.05) is 18.0 Å². The van der Waals surface area contributed by atoms with E-state index < -0.39 is 0 Å². The Morgan fingerprint density at radius 2 is 2.00 bits per heavy atom. The van der Waals surface area contributed by atoms with E-state index >= 15 is 0 Å². The Hall–Kier alpha value is -0.120. The third-order valence-corrected chi connectivity index (χ3v) is 5.15. The minimum atomic E-state index is -0.210. The molecule has 1 aromatic carbocycles. The molecule has 1 saturated carbocycles. The van der Waals surface area contributed by atoms with E-state index in [0.29, 0.717) is 16.9 Å². The van der Waals surface area contributed by atoms with Crippen molar-refractivity contribution in [1.29, 1.82) is 0 Å². The maximum Gasteiger partial charge on any atom is 0.137 e. The van der Waals surface area contributed by atoms with Crippen LogP contribution >= 0.6 is 27.5 Å². The molecule has 18 heavy (non-hydrogen) atoms. The predicted octanol–water partition coefficient (Wildman–Crippen LogP) is 4.62. The van der Waals surface area contributed by atoms with Crippen molar-refractivity contribution in [2.75, 3.05) is 5.88 Å². The molecule has 0 radical (unpaired) electrons. The Bertz CT molecular complexity index is 405. The van der Waals surface area contributed by atoms with Gasteiger partial charge in [-0.05, 0) is 40.4 Å². The van der Waals surface area contributed by atoms with E-state index in [-0.39, 0.29) is 11.4 Å². The molecular weight excluding hydrogens is 317 g/mol. The molecule has 100 valence electrons. The third-order valence-electron chi connectivity index (χ3n) is 3.75. The fourth-order valence-electron chi connectivity index (χ4n) is 2.55. The molecule has 1 nitrogen and oxygen atoms in total. The summed E-state index contributed by atoms with van der Waals surface area (Å²) in [7, 11) is 0. The molecule has 0 heterocycles. The Morgan fingerprint density at radius 3 is 2.67 bits per heavy atom. The molecule has 0 aromatic heterocycles. The van der Waals surface area contributed by atoms with Gasteiger partial charge in [-0.1, -0.05) is 31.4 Å². The van der Waals surface area contributed by atoms with Crippen LogP contribution in [-0.4, -0.2) is 11.4 Å². The van der Waals surface area contributed by atoms with E-state index in [1.807, 2.05) is 6.07 Å². The monoisotopic (exact) mass is 333 g/mol. The first-order chi connectivity index (χ1) is 8.67. The van der Waals surface area contributed by atoms with Gasteiger partial charge in [-0.25, -0.2) is 4.39 Å². The second-order valence-corrected chi connectivity index (χ2v) is 6.10. The van der Waals surface area contributed by atoms with Crippen molar-refractivity contribution in [3.05, 3.63) is 34.1 Å². The van der Waals surface area contributed by atoms with Gasteiger partial charge >= 0.3 is 0 Å². The first-order valence-corrected chi connectivity index (χ1v) is 7.73. The van der Waals surface area contributed by atoms with Crippen LogP contribution in [0.15, 0.2) is 22.7 Å². The molecule has 0 spiro atoms. The Kier molecular flexibility index (Phi) is 5.05. The van der Waals surface area contributed by atoms with Crippen molar-refractivity contribution in [2.45, 2.75) is 44.2 Å². The summed E-state index contributed by atoms with van der Waals surface area (Å²) in [5.74, 6) is 0.415. The molecule has 1 aliphatic rings. The minimum absolute atomic E-state index is 0.0333. The highest BCUT2D eigenvalue weighted by Crippen LogP contribution is 2.30. The second-order valence-electron chi connectivity index (χ2n) is 5.04. The van der Waals surface area contributed by atoms with Gasteiger partial charge in [0.1, 0.15) is 5.82 Å². The lowest BCUT2D eigenvalue weighted by Gasteiger charge is -2.37. The van der Waals surface area contributed by atoms with Crippen LogP contribution in [0.3, 0.4) is 0 Å². The lowest BCUT2D eigenvalue weighted by molar-refractivity contribution is 0.256. The number of benzene rings is 1. The molecule has 0 unspecified atom stereocenters. The van der Waals surface area contributed by atoms with Crippen LogP contribution in [0.25, 0.3) is 0 Å². The molecule has 2 rings (SSSR count). The number of rotatable bonds is 4. The summed E-state index contributed by atoms with van der Waals surface area (Å²) in [5, 5.41) is 3.54. The lowest BCUT2D eigenvalue weighted by atomic mass is 9.83. The molecule has 1 aromatic rings. The van der Waals surface area contributed by atoms with Crippen molar-refractivity contribution in [2.24, 2.45) is 0 Å². The Labute approximate surface area is 121 Å². The van der Waals surface area contributed by atoms with Gasteiger partial charge in [-0.15, -0.1) is 11.6 Å². The normalized spacial score (nSPS) is 18.8. The molecule has 0 saturated heterocycles.